The van der Waals surface area contributed by atoms with Crippen LogP contribution in [-0.4, -0.2) is 87.4 Å². The molecule has 0 aromatic carbocycles. The van der Waals surface area contributed by atoms with Crippen molar-refractivity contribution in [2.45, 2.75) is 206 Å². The number of hydrogen-bond donors (Lipinski definition) is 1. The van der Waals surface area contributed by atoms with E-state index < -0.39 is 24.3 Å². The van der Waals surface area contributed by atoms with Gasteiger partial charge < -0.3 is 28.5 Å². The fourth-order valence-corrected chi connectivity index (χ4v) is 6.82. The molecule has 0 spiro atoms. The number of nitrogens with zero attached hydrogens (tertiary/aromatic N) is 1. The maximum absolute atomic E-state index is 12.8. The van der Waals surface area contributed by atoms with E-state index in [4.69, 9.17) is 18.9 Å². The number of allylic oxidation sites excluding steroid dienone is 16. The first-order chi connectivity index (χ1) is 32.6. The second-order valence-electron chi connectivity index (χ2n) is 18.4. The van der Waals surface area contributed by atoms with E-state index in [1.54, 1.807) is 0 Å². The van der Waals surface area contributed by atoms with Crippen molar-refractivity contribution in [1.82, 2.24) is 0 Å². The molecule has 0 fully saturated rings. The smallest absolute Gasteiger partial charge is 0.361 e. The second-order valence-corrected chi connectivity index (χ2v) is 18.4. The highest BCUT2D eigenvalue weighted by Crippen LogP contribution is 2.15. The molecule has 382 valence electrons. The van der Waals surface area contributed by atoms with Gasteiger partial charge in [-0.1, -0.05) is 188 Å². The van der Waals surface area contributed by atoms with Gasteiger partial charge in [-0.15, -0.1) is 0 Å². The van der Waals surface area contributed by atoms with E-state index in [1.165, 1.54) is 64.2 Å². The first-order valence-corrected chi connectivity index (χ1v) is 26.4. The Morgan fingerprint density at radius 3 is 1.21 bits per heavy atom. The maximum atomic E-state index is 12.8. The van der Waals surface area contributed by atoms with Gasteiger partial charge in [-0.25, -0.2) is 4.79 Å². The third-order valence-electron chi connectivity index (χ3n) is 10.8. The topological polar surface area (TPSA) is 108 Å². The molecule has 0 rings (SSSR count). The van der Waals surface area contributed by atoms with Gasteiger partial charge in [0, 0.05) is 12.8 Å². The highest BCUT2D eigenvalue weighted by Gasteiger charge is 2.25. The Kier molecular flexibility index (Phi) is 45.9. The Morgan fingerprint density at radius 2 is 0.806 bits per heavy atom. The maximum Gasteiger partial charge on any atom is 0.361 e. The van der Waals surface area contributed by atoms with Crippen molar-refractivity contribution in [3.8, 4) is 0 Å². The van der Waals surface area contributed by atoms with Crippen LogP contribution in [0, 0.1) is 0 Å². The van der Waals surface area contributed by atoms with Crippen LogP contribution in [0.2, 0.25) is 0 Å². The molecule has 0 heterocycles. The number of carboxylic acids is 1. The first kappa shape index (κ1) is 63.2. The number of carbonyl (C=O) groups excluding carboxylic acids is 2. The van der Waals surface area contributed by atoms with E-state index in [0.29, 0.717) is 23.9 Å². The fourth-order valence-electron chi connectivity index (χ4n) is 6.82. The van der Waals surface area contributed by atoms with Crippen LogP contribution in [0.15, 0.2) is 97.2 Å². The molecule has 0 saturated heterocycles. The SMILES string of the molecule is CC/C=C\C/C=C\C/C=C\C/C=C\C/C=C\CCCCCCCCCCCCCCCC(=O)OC(COC(=O)CCCCC/C=C\C/C=C\C/C=C\CC)COC(OCC[N+](C)(C)C)C(=O)O. The summed E-state index contributed by atoms with van der Waals surface area (Å²) in [6.07, 6.45) is 62.0. The Labute approximate surface area is 410 Å². The van der Waals surface area contributed by atoms with E-state index in [1.807, 2.05) is 21.1 Å². The fraction of sp³-hybridized carbons (Fsp3) is 0.672. The van der Waals surface area contributed by atoms with Crippen LogP contribution in [-0.2, 0) is 33.3 Å². The molecule has 0 aliphatic carbocycles. The van der Waals surface area contributed by atoms with Crippen LogP contribution >= 0.6 is 0 Å². The number of carboxylic acid groups (broad SMARTS) is 1. The summed E-state index contributed by atoms with van der Waals surface area (Å²) in [7, 11) is 5.94. The summed E-state index contributed by atoms with van der Waals surface area (Å²) in [4.78, 5) is 37.2. The van der Waals surface area contributed by atoms with Crippen LogP contribution in [0.4, 0.5) is 0 Å². The number of likely N-dealkylation sites (N-methyl/N-ethyl adjacent to an activating group) is 1. The zero-order valence-corrected chi connectivity index (χ0v) is 43.3. The Balaban J connectivity index is 4.24. The van der Waals surface area contributed by atoms with Crippen LogP contribution in [0.3, 0.4) is 0 Å². The first-order valence-electron chi connectivity index (χ1n) is 26.4. The van der Waals surface area contributed by atoms with Gasteiger partial charge in [0.2, 0.25) is 0 Å². The summed E-state index contributed by atoms with van der Waals surface area (Å²) < 4.78 is 22.8. The summed E-state index contributed by atoms with van der Waals surface area (Å²) in [5.74, 6) is -2.06. The lowest BCUT2D eigenvalue weighted by Gasteiger charge is -2.25. The molecule has 0 bridgehead atoms. The van der Waals surface area contributed by atoms with E-state index in [9.17, 15) is 19.5 Å². The summed E-state index contributed by atoms with van der Waals surface area (Å²) >= 11 is 0. The van der Waals surface area contributed by atoms with Crippen LogP contribution in [0.5, 0.6) is 0 Å². The third kappa shape index (κ3) is 49.9. The standard InChI is InChI=1S/C58H97NO8/c1-6-8-10-12-14-16-18-20-21-22-23-24-25-26-27-28-29-30-31-32-33-34-35-37-39-41-43-45-47-49-56(61)67-54(53-66-58(57(62)63)64-51-50-59(3,4)5)52-65-55(60)48-46-44-42-40-38-36-19-17-15-13-11-9-7-2/h8-11,14-17,20-21,23-24,26-27,36,38,54,58H,6-7,12-13,18-19,22,25,28-35,37,39-53H2,1-5H3/p+1/b10-8-,11-9-,16-14-,17-15-,21-20-,24-23-,27-26-,38-36-. The minimum Gasteiger partial charge on any atom is -0.477 e. The molecular weight excluding hydrogens is 839 g/mol. The lowest BCUT2D eigenvalue weighted by molar-refractivity contribution is -0.870. The molecule has 2 unspecified atom stereocenters. The van der Waals surface area contributed by atoms with Crippen molar-refractivity contribution in [3.05, 3.63) is 97.2 Å². The van der Waals surface area contributed by atoms with Gasteiger partial charge in [-0.05, 0) is 89.9 Å². The Bertz CT molecular complexity index is 1420. The molecule has 0 aromatic rings. The number of carbonyl (C=O) groups is 3. The third-order valence-corrected chi connectivity index (χ3v) is 10.8. The van der Waals surface area contributed by atoms with Gasteiger partial charge in [0.1, 0.15) is 13.2 Å². The number of ether oxygens (including phenoxy) is 4. The highest BCUT2D eigenvalue weighted by molar-refractivity contribution is 5.71. The Morgan fingerprint density at radius 1 is 0.448 bits per heavy atom. The summed E-state index contributed by atoms with van der Waals surface area (Å²) in [5, 5.41) is 9.67. The summed E-state index contributed by atoms with van der Waals surface area (Å²) in [6.45, 7) is 4.59. The lowest BCUT2D eigenvalue weighted by Crippen LogP contribution is -2.40. The van der Waals surface area contributed by atoms with Gasteiger partial charge in [-0.2, -0.15) is 0 Å². The zero-order chi connectivity index (χ0) is 49.2. The van der Waals surface area contributed by atoms with Gasteiger partial charge in [0.15, 0.2) is 6.10 Å². The minimum absolute atomic E-state index is 0.178. The predicted octanol–water partition coefficient (Wildman–Crippen LogP) is 15.0. The van der Waals surface area contributed by atoms with Gasteiger partial charge in [0.05, 0.1) is 34.4 Å². The number of esters is 2. The average Bonchev–Trinajstić information content (AvgIpc) is 3.29. The van der Waals surface area contributed by atoms with Crippen LogP contribution in [0.1, 0.15) is 194 Å². The zero-order valence-electron chi connectivity index (χ0n) is 43.3. The quantitative estimate of drug-likeness (QED) is 0.0211. The molecule has 0 aromatic heterocycles. The molecule has 1 N–H and O–H groups in total. The molecule has 0 saturated carbocycles. The molecule has 9 heteroatoms. The molecule has 9 nitrogen and oxygen atoms in total. The second kappa shape index (κ2) is 48.7. The number of aliphatic carboxylic acids is 1. The average molecular weight is 937 g/mol. The van der Waals surface area contributed by atoms with Crippen LogP contribution in [0.25, 0.3) is 0 Å². The monoisotopic (exact) mass is 937 g/mol. The van der Waals surface area contributed by atoms with Gasteiger partial charge in [-0.3, -0.25) is 9.59 Å². The van der Waals surface area contributed by atoms with E-state index >= 15 is 0 Å². The molecule has 0 amide bonds. The van der Waals surface area contributed by atoms with E-state index in [-0.39, 0.29) is 38.6 Å². The highest BCUT2D eigenvalue weighted by atomic mass is 16.7. The minimum atomic E-state index is -1.52. The lowest BCUT2D eigenvalue weighted by atomic mass is 10.0. The van der Waals surface area contributed by atoms with Crippen molar-refractivity contribution in [3.63, 3.8) is 0 Å². The molecular formula is C58H98NO8+. The van der Waals surface area contributed by atoms with Gasteiger partial charge in [0.25, 0.3) is 6.29 Å². The van der Waals surface area contributed by atoms with Crippen molar-refractivity contribution >= 4 is 17.9 Å². The number of rotatable bonds is 47. The van der Waals surface area contributed by atoms with Gasteiger partial charge >= 0.3 is 17.9 Å². The van der Waals surface area contributed by atoms with Crippen LogP contribution < -0.4 is 0 Å². The Hall–Kier alpha value is -3.79. The predicted molar refractivity (Wildman–Crippen MR) is 281 cm³/mol. The number of unbranched alkanes of at least 4 members (excludes halogenated alkanes) is 16. The van der Waals surface area contributed by atoms with E-state index in [0.717, 1.165) is 89.9 Å². The summed E-state index contributed by atoms with van der Waals surface area (Å²) in [5.41, 5.74) is 0. The van der Waals surface area contributed by atoms with Crippen molar-refractivity contribution in [2.24, 2.45) is 0 Å². The molecule has 0 aliphatic heterocycles. The van der Waals surface area contributed by atoms with Crippen molar-refractivity contribution in [2.75, 3.05) is 47.5 Å². The summed E-state index contributed by atoms with van der Waals surface area (Å²) in [6, 6.07) is 0. The van der Waals surface area contributed by atoms with Crippen molar-refractivity contribution < 1.29 is 42.9 Å². The molecule has 0 radical (unpaired) electrons. The number of hydrogen-bond acceptors (Lipinski definition) is 7. The molecule has 67 heavy (non-hydrogen) atoms. The van der Waals surface area contributed by atoms with E-state index in [2.05, 4.69) is 111 Å². The largest absolute Gasteiger partial charge is 0.477 e. The number of quaternary nitrogens is 1. The molecule has 0 aliphatic rings. The van der Waals surface area contributed by atoms with Crippen molar-refractivity contribution in [1.29, 1.82) is 0 Å². The normalized spacial score (nSPS) is 13.6. The molecule has 2 atom stereocenters.